The first-order chi connectivity index (χ1) is 13.2. The Kier molecular flexibility index (Phi) is 4.76. The number of anilines is 1. The van der Waals surface area contributed by atoms with Gasteiger partial charge in [-0.25, -0.2) is 0 Å². The number of aromatic nitrogens is 3. The zero-order valence-corrected chi connectivity index (χ0v) is 15.4. The van der Waals surface area contributed by atoms with Gasteiger partial charge in [0.1, 0.15) is 0 Å². The van der Waals surface area contributed by atoms with Crippen LogP contribution in [0.3, 0.4) is 0 Å². The summed E-state index contributed by atoms with van der Waals surface area (Å²) in [7, 11) is 0. The Balaban J connectivity index is 1.53. The number of benzene rings is 1. The SMILES string of the molecule is Cc1csc(C(=O)Nc2ccccc2Cc2nc(-c3ccncc3)no2)c1. The first-order valence-corrected chi connectivity index (χ1v) is 9.24. The molecular formula is C20H16N4O2S. The fraction of sp³-hybridized carbons (Fsp3) is 0.100. The van der Waals surface area contributed by atoms with Crippen molar-refractivity contribution < 1.29 is 9.32 Å². The van der Waals surface area contributed by atoms with Gasteiger partial charge in [0.15, 0.2) is 0 Å². The number of amides is 1. The quantitative estimate of drug-likeness (QED) is 0.560. The first-order valence-electron chi connectivity index (χ1n) is 8.36. The number of rotatable bonds is 5. The number of nitrogens with one attached hydrogen (secondary N) is 1. The molecule has 4 aromatic rings. The molecule has 6 nitrogen and oxygen atoms in total. The Bertz CT molecular complexity index is 1070. The van der Waals surface area contributed by atoms with Crippen molar-refractivity contribution in [2.45, 2.75) is 13.3 Å². The Morgan fingerprint density at radius 2 is 2.00 bits per heavy atom. The van der Waals surface area contributed by atoms with Crippen LogP contribution in [0.2, 0.25) is 0 Å². The number of carbonyl (C=O) groups is 1. The van der Waals surface area contributed by atoms with E-state index >= 15 is 0 Å². The van der Waals surface area contributed by atoms with E-state index in [-0.39, 0.29) is 5.91 Å². The van der Waals surface area contributed by atoms with E-state index in [1.807, 2.05) is 54.8 Å². The number of nitrogens with zero attached hydrogens (tertiary/aromatic N) is 3. The van der Waals surface area contributed by atoms with E-state index in [4.69, 9.17) is 4.52 Å². The van der Waals surface area contributed by atoms with Crippen LogP contribution in [0.4, 0.5) is 5.69 Å². The second-order valence-electron chi connectivity index (χ2n) is 6.02. The van der Waals surface area contributed by atoms with Gasteiger partial charge < -0.3 is 9.84 Å². The number of thiophene rings is 1. The molecule has 1 aromatic carbocycles. The van der Waals surface area contributed by atoms with Gasteiger partial charge in [0.25, 0.3) is 5.91 Å². The predicted molar refractivity (Wildman–Crippen MR) is 104 cm³/mol. The van der Waals surface area contributed by atoms with E-state index in [0.717, 1.165) is 22.4 Å². The van der Waals surface area contributed by atoms with E-state index in [2.05, 4.69) is 20.4 Å². The molecule has 1 amide bonds. The van der Waals surface area contributed by atoms with E-state index in [9.17, 15) is 4.79 Å². The van der Waals surface area contributed by atoms with Crippen molar-refractivity contribution >= 4 is 22.9 Å². The van der Waals surface area contributed by atoms with Crippen LogP contribution >= 0.6 is 11.3 Å². The lowest BCUT2D eigenvalue weighted by molar-refractivity contribution is 0.103. The number of hydrogen-bond donors (Lipinski definition) is 1. The van der Waals surface area contributed by atoms with Crippen LogP contribution in [0, 0.1) is 6.92 Å². The molecule has 0 saturated heterocycles. The van der Waals surface area contributed by atoms with Crippen molar-refractivity contribution in [3.05, 3.63) is 82.1 Å². The Labute approximate surface area is 159 Å². The third kappa shape index (κ3) is 3.93. The number of carbonyl (C=O) groups excluding carboxylic acids is 1. The van der Waals surface area contributed by atoms with Crippen molar-refractivity contribution in [2.75, 3.05) is 5.32 Å². The minimum atomic E-state index is -0.122. The van der Waals surface area contributed by atoms with Gasteiger partial charge in [0, 0.05) is 23.6 Å². The van der Waals surface area contributed by atoms with Gasteiger partial charge in [-0.3, -0.25) is 9.78 Å². The van der Waals surface area contributed by atoms with Crippen molar-refractivity contribution in [2.24, 2.45) is 0 Å². The van der Waals surface area contributed by atoms with Gasteiger partial charge in [-0.05, 0) is 47.7 Å². The molecule has 4 rings (SSSR count). The highest BCUT2D eigenvalue weighted by molar-refractivity contribution is 7.12. The van der Waals surface area contributed by atoms with Gasteiger partial charge in [0.05, 0.1) is 11.3 Å². The highest BCUT2D eigenvalue weighted by atomic mass is 32.1. The fourth-order valence-corrected chi connectivity index (χ4v) is 3.43. The maximum absolute atomic E-state index is 12.5. The second kappa shape index (κ2) is 7.51. The van der Waals surface area contributed by atoms with Gasteiger partial charge in [-0.1, -0.05) is 23.4 Å². The monoisotopic (exact) mass is 376 g/mol. The van der Waals surface area contributed by atoms with Crippen LogP contribution in [0.1, 0.15) is 26.7 Å². The zero-order valence-electron chi connectivity index (χ0n) is 14.5. The fourth-order valence-electron chi connectivity index (χ4n) is 2.64. The maximum Gasteiger partial charge on any atom is 0.265 e. The van der Waals surface area contributed by atoms with Crippen LogP contribution in [0.25, 0.3) is 11.4 Å². The second-order valence-corrected chi connectivity index (χ2v) is 6.94. The molecule has 27 heavy (non-hydrogen) atoms. The summed E-state index contributed by atoms with van der Waals surface area (Å²) in [6.07, 6.45) is 3.79. The summed E-state index contributed by atoms with van der Waals surface area (Å²) in [4.78, 5) is 21.6. The Hall–Kier alpha value is -3.32. The van der Waals surface area contributed by atoms with Crippen molar-refractivity contribution in [1.82, 2.24) is 15.1 Å². The smallest absolute Gasteiger partial charge is 0.265 e. The van der Waals surface area contributed by atoms with Gasteiger partial charge in [-0.15, -0.1) is 11.3 Å². The molecule has 0 fully saturated rings. The summed E-state index contributed by atoms with van der Waals surface area (Å²) < 4.78 is 5.38. The molecule has 0 aliphatic heterocycles. The molecule has 3 heterocycles. The van der Waals surface area contributed by atoms with Crippen molar-refractivity contribution in [3.63, 3.8) is 0 Å². The summed E-state index contributed by atoms with van der Waals surface area (Å²) in [5.41, 5.74) is 3.56. The number of para-hydroxylation sites is 1. The van der Waals surface area contributed by atoms with E-state index in [0.29, 0.717) is 23.0 Å². The highest BCUT2D eigenvalue weighted by Gasteiger charge is 2.14. The van der Waals surface area contributed by atoms with Gasteiger partial charge in [0.2, 0.25) is 11.7 Å². The maximum atomic E-state index is 12.5. The highest BCUT2D eigenvalue weighted by Crippen LogP contribution is 2.22. The summed E-state index contributed by atoms with van der Waals surface area (Å²) >= 11 is 1.43. The first kappa shape index (κ1) is 17.1. The minimum Gasteiger partial charge on any atom is -0.339 e. The summed E-state index contributed by atoms with van der Waals surface area (Å²) in [6, 6.07) is 13.1. The molecule has 1 N–H and O–H groups in total. The molecule has 0 aliphatic carbocycles. The molecule has 0 unspecified atom stereocenters. The predicted octanol–water partition coefficient (Wildman–Crippen LogP) is 4.34. The number of pyridine rings is 1. The normalized spacial score (nSPS) is 10.7. The summed E-state index contributed by atoms with van der Waals surface area (Å²) in [5, 5.41) is 8.95. The van der Waals surface area contributed by atoms with Crippen LogP contribution < -0.4 is 5.32 Å². The minimum absolute atomic E-state index is 0.122. The molecule has 0 aliphatic rings. The van der Waals surface area contributed by atoms with Crippen LogP contribution in [0.15, 0.2) is 64.8 Å². The van der Waals surface area contributed by atoms with E-state index in [1.54, 1.807) is 12.4 Å². The molecule has 3 aromatic heterocycles. The standard InChI is InChI=1S/C20H16N4O2S/c1-13-10-17(27-12-13)20(25)22-16-5-3-2-4-15(16)11-18-23-19(24-26-18)14-6-8-21-9-7-14/h2-10,12H,11H2,1H3,(H,22,25). The molecule has 0 bridgehead atoms. The summed E-state index contributed by atoms with van der Waals surface area (Å²) in [5.74, 6) is 0.877. The molecule has 0 atom stereocenters. The lowest BCUT2D eigenvalue weighted by Crippen LogP contribution is -2.12. The molecular weight excluding hydrogens is 360 g/mol. The average molecular weight is 376 g/mol. The third-order valence-corrected chi connectivity index (χ3v) is 5.02. The molecule has 134 valence electrons. The number of aryl methyl sites for hydroxylation is 1. The van der Waals surface area contributed by atoms with Crippen LogP contribution in [0.5, 0.6) is 0 Å². The van der Waals surface area contributed by atoms with E-state index in [1.165, 1.54) is 11.3 Å². The molecule has 0 saturated carbocycles. The lowest BCUT2D eigenvalue weighted by Gasteiger charge is -2.08. The van der Waals surface area contributed by atoms with Crippen LogP contribution in [-0.4, -0.2) is 21.0 Å². The van der Waals surface area contributed by atoms with E-state index < -0.39 is 0 Å². The average Bonchev–Trinajstić information content (AvgIpc) is 3.33. The largest absolute Gasteiger partial charge is 0.339 e. The lowest BCUT2D eigenvalue weighted by atomic mass is 10.1. The van der Waals surface area contributed by atoms with Crippen LogP contribution in [-0.2, 0) is 6.42 Å². The summed E-state index contributed by atoms with van der Waals surface area (Å²) in [6.45, 7) is 1.97. The molecule has 7 heteroatoms. The Morgan fingerprint density at radius 3 is 2.78 bits per heavy atom. The number of hydrogen-bond acceptors (Lipinski definition) is 6. The Morgan fingerprint density at radius 1 is 1.19 bits per heavy atom. The molecule has 0 spiro atoms. The third-order valence-electron chi connectivity index (χ3n) is 3.97. The zero-order chi connectivity index (χ0) is 18.6. The van der Waals surface area contributed by atoms with Crippen molar-refractivity contribution in [3.8, 4) is 11.4 Å². The topological polar surface area (TPSA) is 80.9 Å². The molecule has 0 radical (unpaired) electrons. The van der Waals surface area contributed by atoms with Gasteiger partial charge in [-0.2, -0.15) is 4.98 Å². The van der Waals surface area contributed by atoms with Gasteiger partial charge >= 0.3 is 0 Å². The van der Waals surface area contributed by atoms with Crippen molar-refractivity contribution in [1.29, 1.82) is 0 Å².